The van der Waals surface area contributed by atoms with Crippen LogP contribution in [0, 0.1) is 0 Å². The quantitative estimate of drug-likeness (QED) is 0.610. The topological polar surface area (TPSA) is 54.5 Å². The summed E-state index contributed by atoms with van der Waals surface area (Å²) in [6.45, 7) is 4.11. The number of carbonyl (C=O) groups excluding carboxylic acids is 1. The van der Waals surface area contributed by atoms with E-state index in [0.29, 0.717) is 13.0 Å². The van der Waals surface area contributed by atoms with Gasteiger partial charge in [0.15, 0.2) is 9.84 Å². The number of rotatable bonds is 1. The Morgan fingerprint density at radius 2 is 2.07 bits per heavy atom. The number of sulfone groups is 1. The number of likely N-dealkylation sites (tertiary alicyclic amines) is 1. The van der Waals surface area contributed by atoms with E-state index in [9.17, 15) is 13.2 Å². The molecule has 2 fully saturated rings. The van der Waals surface area contributed by atoms with E-state index in [-0.39, 0.29) is 23.0 Å². The van der Waals surface area contributed by atoms with Crippen LogP contribution in [0.3, 0.4) is 0 Å². The fraction of sp³-hybridized carbons (Fsp3) is 0.700. The van der Waals surface area contributed by atoms with Gasteiger partial charge < -0.3 is 4.90 Å². The van der Waals surface area contributed by atoms with E-state index in [1.165, 1.54) is 0 Å². The summed E-state index contributed by atoms with van der Waals surface area (Å²) in [5.41, 5.74) is 0.950. The number of fused-ring (bicyclic) bond motifs is 2. The van der Waals surface area contributed by atoms with Gasteiger partial charge in [-0.2, -0.15) is 0 Å². The zero-order chi connectivity index (χ0) is 11.2. The van der Waals surface area contributed by atoms with E-state index >= 15 is 0 Å². The van der Waals surface area contributed by atoms with Crippen LogP contribution < -0.4 is 0 Å². The van der Waals surface area contributed by atoms with Crippen LogP contribution in [-0.4, -0.2) is 42.8 Å². The number of nitrogens with zero attached hydrogens (tertiary/aromatic N) is 1. The van der Waals surface area contributed by atoms with Crippen molar-refractivity contribution in [3.8, 4) is 0 Å². The summed E-state index contributed by atoms with van der Waals surface area (Å²) < 4.78 is 22.9. The van der Waals surface area contributed by atoms with Crippen molar-refractivity contribution in [1.29, 1.82) is 0 Å². The predicted molar refractivity (Wildman–Crippen MR) is 57.1 cm³/mol. The SMILES string of the molecule is CC(C)=CC(=O)N1CC2CC1CS2(=O)=O. The molecule has 0 aromatic heterocycles. The molecule has 0 saturated carbocycles. The zero-order valence-corrected chi connectivity index (χ0v) is 9.75. The minimum absolute atomic E-state index is 0.0441. The van der Waals surface area contributed by atoms with Crippen LogP contribution in [0.1, 0.15) is 20.3 Å². The van der Waals surface area contributed by atoms with Crippen LogP contribution in [0.25, 0.3) is 0 Å². The van der Waals surface area contributed by atoms with E-state index in [4.69, 9.17) is 0 Å². The molecule has 0 spiro atoms. The fourth-order valence-corrected chi connectivity index (χ4v) is 4.32. The molecule has 2 unspecified atom stereocenters. The maximum Gasteiger partial charge on any atom is 0.246 e. The first-order chi connectivity index (χ1) is 6.90. The zero-order valence-electron chi connectivity index (χ0n) is 8.93. The summed E-state index contributed by atoms with van der Waals surface area (Å²) in [4.78, 5) is 13.4. The molecule has 0 aliphatic carbocycles. The normalized spacial score (nSPS) is 31.7. The Morgan fingerprint density at radius 1 is 1.40 bits per heavy atom. The molecule has 2 saturated heterocycles. The third kappa shape index (κ3) is 1.80. The Morgan fingerprint density at radius 3 is 2.47 bits per heavy atom. The average molecular weight is 229 g/mol. The van der Waals surface area contributed by atoms with Gasteiger partial charge in [-0.15, -0.1) is 0 Å². The van der Waals surface area contributed by atoms with E-state index in [1.54, 1.807) is 11.0 Å². The molecule has 2 aliphatic heterocycles. The highest BCUT2D eigenvalue weighted by atomic mass is 32.2. The monoisotopic (exact) mass is 229 g/mol. The second-order valence-electron chi connectivity index (χ2n) is 4.55. The number of allylic oxidation sites excluding steroid dienone is 1. The van der Waals surface area contributed by atoms with Gasteiger partial charge in [-0.3, -0.25) is 4.79 Å². The minimum atomic E-state index is -2.90. The van der Waals surface area contributed by atoms with Crippen molar-refractivity contribution in [1.82, 2.24) is 4.90 Å². The van der Waals surface area contributed by atoms with Gasteiger partial charge in [-0.1, -0.05) is 5.57 Å². The summed E-state index contributed by atoms with van der Waals surface area (Å²) in [6.07, 6.45) is 2.21. The number of amides is 1. The fourth-order valence-electron chi connectivity index (χ4n) is 2.30. The molecule has 0 aromatic rings. The van der Waals surface area contributed by atoms with Crippen molar-refractivity contribution >= 4 is 15.7 Å². The van der Waals surface area contributed by atoms with E-state index in [0.717, 1.165) is 5.57 Å². The third-order valence-electron chi connectivity index (χ3n) is 3.00. The molecule has 2 bridgehead atoms. The molecular formula is C10H15NO3S. The van der Waals surface area contributed by atoms with Gasteiger partial charge in [-0.25, -0.2) is 8.42 Å². The molecule has 84 valence electrons. The van der Waals surface area contributed by atoms with Crippen LogP contribution in [0.2, 0.25) is 0 Å². The van der Waals surface area contributed by atoms with E-state index in [1.807, 2.05) is 13.8 Å². The molecule has 5 heteroatoms. The van der Waals surface area contributed by atoms with Gasteiger partial charge in [0, 0.05) is 18.7 Å². The smallest absolute Gasteiger partial charge is 0.246 e. The summed E-state index contributed by atoms with van der Waals surface area (Å²) in [6, 6.07) is -0.0805. The van der Waals surface area contributed by atoms with E-state index < -0.39 is 9.84 Å². The maximum atomic E-state index is 11.7. The predicted octanol–water partition coefficient (Wildman–Crippen LogP) is 0.351. The standard InChI is InChI=1S/C10H15NO3S/c1-7(2)3-10(12)11-5-9-4-8(11)6-15(9,13)14/h3,8-9H,4-6H2,1-2H3. The molecule has 2 aliphatic rings. The van der Waals surface area contributed by atoms with Crippen molar-refractivity contribution in [2.45, 2.75) is 31.6 Å². The van der Waals surface area contributed by atoms with Crippen molar-refractivity contribution in [3.05, 3.63) is 11.6 Å². The molecular weight excluding hydrogens is 214 g/mol. The highest BCUT2D eigenvalue weighted by Gasteiger charge is 2.49. The third-order valence-corrected chi connectivity index (χ3v) is 5.21. The van der Waals surface area contributed by atoms with Crippen LogP contribution >= 0.6 is 0 Å². The molecule has 15 heavy (non-hydrogen) atoms. The van der Waals surface area contributed by atoms with Crippen LogP contribution in [-0.2, 0) is 14.6 Å². The lowest BCUT2D eigenvalue weighted by Gasteiger charge is -2.25. The molecule has 1 amide bonds. The number of hydrogen-bond acceptors (Lipinski definition) is 3. The average Bonchev–Trinajstić information content (AvgIpc) is 2.56. The van der Waals surface area contributed by atoms with Crippen molar-refractivity contribution < 1.29 is 13.2 Å². The van der Waals surface area contributed by atoms with Gasteiger partial charge in [0.25, 0.3) is 0 Å². The molecule has 2 atom stereocenters. The van der Waals surface area contributed by atoms with Gasteiger partial charge in [-0.05, 0) is 20.3 Å². The Hall–Kier alpha value is -0.840. The first-order valence-corrected chi connectivity index (χ1v) is 6.79. The van der Waals surface area contributed by atoms with Gasteiger partial charge in [0.05, 0.1) is 11.0 Å². The highest BCUT2D eigenvalue weighted by Crippen LogP contribution is 2.32. The Labute approximate surface area is 89.9 Å². The second-order valence-corrected chi connectivity index (χ2v) is 6.88. The molecule has 0 N–H and O–H groups in total. The minimum Gasteiger partial charge on any atom is -0.334 e. The van der Waals surface area contributed by atoms with Crippen molar-refractivity contribution in [2.75, 3.05) is 12.3 Å². The van der Waals surface area contributed by atoms with Gasteiger partial charge in [0.2, 0.25) is 5.91 Å². The van der Waals surface area contributed by atoms with Crippen LogP contribution in [0.5, 0.6) is 0 Å². The molecule has 2 rings (SSSR count). The maximum absolute atomic E-state index is 11.7. The van der Waals surface area contributed by atoms with E-state index in [2.05, 4.69) is 0 Å². The largest absolute Gasteiger partial charge is 0.334 e. The summed E-state index contributed by atoms with van der Waals surface area (Å²) in [7, 11) is -2.90. The lowest BCUT2D eigenvalue weighted by molar-refractivity contribution is -0.126. The Balaban J connectivity index is 2.13. The lowest BCUT2D eigenvalue weighted by atomic mass is 10.2. The van der Waals surface area contributed by atoms with Crippen molar-refractivity contribution in [2.24, 2.45) is 0 Å². The highest BCUT2D eigenvalue weighted by molar-refractivity contribution is 7.92. The molecule has 0 aromatic carbocycles. The molecule has 4 nitrogen and oxygen atoms in total. The molecule has 0 radical (unpaired) electrons. The number of carbonyl (C=O) groups is 1. The Bertz CT molecular complexity index is 420. The summed E-state index contributed by atoms with van der Waals surface area (Å²) in [5, 5.41) is -0.308. The number of hydrogen-bond donors (Lipinski definition) is 0. The summed E-state index contributed by atoms with van der Waals surface area (Å²) in [5.74, 6) is 0.109. The van der Waals surface area contributed by atoms with Gasteiger partial charge >= 0.3 is 0 Å². The van der Waals surface area contributed by atoms with Crippen LogP contribution in [0.4, 0.5) is 0 Å². The van der Waals surface area contributed by atoms with Crippen LogP contribution in [0.15, 0.2) is 11.6 Å². The molecule has 2 heterocycles. The first kappa shape index (κ1) is 10.7. The lowest BCUT2D eigenvalue weighted by Crippen LogP contribution is -2.43. The second kappa shape index (κ2) is 3.33. The van der Waals surface area contributed by atoms with Gasteiger partial charge in [0.1, 0.15) is 0 Å². The Kier molecular flexibility index (Phi) is 2.37. The van der Waals surface area contributed by atoms with Crippen molar-refractivity contribution in [3.63, 3.8) is 0 Å². The summed E-state index contributed by atoms with van der Waals surface area (Å²) >= 11 is 0. The first-order valence-electron chi connectivity index (χ1n) is 5.07.